The van der Waals surface area contributed by atoms with Gasteiger partial charge in [0.15, 0.2) is 0 Å². The molecule has 2 aromatic carbocycles. The van der Waals surface area contributed by atoms with E-state index in [1.165, 1.54) is 5.56 Å². The van der Waals surface area contributed by atoms with Crippen LogP contribution in [0, 0.1) is 6.92 Å². The molecule has 0 aliphatic carbocycles. The topological polar surface area (TPSA) is 3.24 Å². The van der Waals surface area contributed by atoms with Gasteiger partial charge in [-0.2, -0.15) is 0 Å². The average molecular weight is 259 g/mol. The number of anilines is 2. The molecule has 1 nitrogen and oxygen atoms in total. The van der Waals surface area contributed by atoms with Gasteiger partial charge in [0.2, 0.25) is 0 Å². The molecule has 0 N–H and O–H groups in total. The molecule has 0 saturated carbocycles. The zero-order chi connectivity index (χ0) is 12.3. The molecule has 0 heterocycles. The second-order valence-corrected chi connectivity index (χ2v) is 4.85. The minimum Gasteiger partial charge on any atom is -0.296 e. The zero-order valence-electron chi connectivity index (χ0n) is 9.50. The van der Waals surface area contributed by atoms with Gasteiger partial charge in [0.05, 0.1) is 5.69 Å². The maximum Gasteiger partial charge on any atom is 0.142 e. The maximum absolute atomic E-state index is 5.23. The number of aryl methyl sites for hydroxylation is 1. The first-order valence-corrected chi connectivity index (χ1v) is 6.19. The second kappa shape index (κ2) is 5.34. The third-order valence-electron chi connectivity index (χ3n) is 2.56. The van der Waals surface area contributed by atoms with E-state index in [9.17, 15) is 0 Å². The van der Waals surface area contributed by atoms with Crippen molar-refractivity contribution < 1.29 is 0 Å². The van der Waals surface area contributed by atoms with E-state index in [1.807, 2.05) is 53.4 Å². The molecular formula is C14H13NS2. The number of hydrogen-bond acceptors (Lipinski definition) is 1. The first-order chi connectivity index (χ1) is 8.20. The van der Waals surface area contributed by atoms with Crippen molar-refractivity contribution in [2.24, 2.45) is 0 Å². The van der Waals surface area contributed by atoms with Crippen molar-refractivity contribution in [2.45, 2.75) is 6.92 Å². The van der Waals surface area contributed by atoms with Gasteiger partial charge >= 0.3 is 0 Å². The molecule has 0 aliphatic heterocycles. The molecule has 0 unspecified atom stereocenters. The van der Waals surface area contributed by atoms with Gasteiger partial charge in [0.1, 0.15) is 4.32 Å². The first-order valence-electron chi connectivity index (χ1n) is 5.34. The number of para-hydroxylation sites is 2. The predicted octanol–water partition coefficient (Wildman–Crippen LogP) is 4.35. The summed E-state index contributed by atoms with van der Waals surface area (Å²) in [7, 11) is 0. The lowest BCUT2D eigenvalue weighted by Gasteiger charge is -2.24. The molecule has 0 atom stereocenters. The van der Waals surface area contributed by atoms with Crippen LogP contribution in [0.2, 0.25) is 0 Å². The van der Waals surface area contributed by atoms with Crippen LogP contribution in [0.3, 0.4) is 0 Å². The molecule has 0 saturated heterocycles. The predicted molar refractivity (Wildman–Crippen MR) is 81.3 cm³/mol. The highest BCUT2D eigenvalue weighted by Crippen LogP contribution is 2.29. The molecule has 0 fully saturated rings. The average Bonchev–Trinajstić information content (AvgIpc) is 2.33. The fourth-order valence-corrected chi connectivity index (χ4v) is 2.17. The molecule has 0 bridgehead atoms. The van der Waals surface area contributed by atoms with Crippen LogP contribution < -0.4 is 4.90 Å². The molecule has 0 aliphatic rings. The molecule has 3 heteroatoms. The van der Waals surface area contributed by atoms with Gasteiger partial charge < -0.3 is 0 Å². The Hall–Kier alpha value is -1.32. The van der Waals surface area contributed by atoms with Crippen molar-refractivity contribution in [2.75, 3.05) is 4.90 Å². The van der Waals surface area contributed by atoms with Crippen LogP contribution in [-0.4, -0.2) is 4.32 Å². The van der Waals surface area contributed by atoms with E-state index in [-0.39, 0.29) is 0 Å². The first kappa shape index (κ1) is 12.1. The van der Waals surface area contributed by atoms with Crippen LogP contribution >= 0.6 is 24.8 Å². The highest BCUT2D eigenvalue weighted by atomic mass is 32.1. The normalized spacial score (nSPS) is 10.0. The smallest absolute Gasteiger partial charge is 0.142 e. The minimum absolute atomic E-state index is 0.547. The number of hydrogen-bond donors (Lipinski definition) is 1. The van der Waals surface area contributed by atoms with E-state index in [4.69, 9.17) is 12.2 Å². The molecule has 0 aromatic heterocycles. The Morgan fingerprint density at radius 2 is 1.59 bits per heavy atom. The Balaban J connectivity index is 2.51. The minimum atomic E-state index is 0.547. The van der Waals surface area contributed by atoms with Crippen LogP contribution in [0.25, 0.3) is 0 Å². The Morgan fingerprint density at radius 1 is 1.00 bits per heavy atom. The van der Waals surface area contributed by atoms with Crippen LogP contribution in [0.1, 0.15) is 5.56 Å². The van der Waals surface area contributed by atoms with E-state index in [1.54, 1.807) is 0 Å². The number of rotatable bonds is 2. The summed E-state index contributed by atoms with van der Waals surface area (Å²) in [5, 5.41) is 0. The summed E-state index contributed by atoms with van der Waals surface area (Å²) in [5.74, 6) is 0. The Bertz CT molecular complexity index is 523. The van der Waals surface area contributed by atoms with Crippen LogP contribution in [0.4, 0.5) is 11.4 Å². The van der Waals surface area contributed by atoms with Crippen LogP contribution in [0.15, 0.2) is 54.6 Å². The number of nitrogens with zero attached hydrogens (tertiary/aromatic N) is 1. The zero-order valence-corrected chi connectivity index (χ0v) is 11.2. The van der Waals surface area contributed by atoms with Crippen molar-refractivity contribution in [1.82, 2.24) is 0 Å². The molecular weight excluding hydrogens is 246 g/mol. The monoisotopic (exact) mass is 259 g/mol. The standard InChI is InChI=1S/C14H13NS2/c1-11-7-5-6-10-13(11)15(14(16)17)12-8-3-2-4-9-12/h2-10H,1H3,(H,16,17). The molecule has 2 aromatic rings. The molecule has 0 radical (unpaired) electrons. The van der Waals surface area contributed by atoms with Gasteiger partial charge in [-0.05, 0) is 30.7 Å². The van der Waals surface area contributed by atoms with Gasteiger partial charge in [0.25, 0.3) is 0 Å². The highest BCUT2D eigenvalue weighted by molar-refractivity contribution is 8.11. The van der Waals surface area contributed by atoms with Crippen molar-refractivity contribution in [3.8, 4) is 0 Å². The van der Waals surface area contributed by atoms with Gasteiger partial charge in [-0.25, -0.2) is 0 Å². The summed E-state index contributed by atoms with van der Waals surface area (Å²) < 4.78 is 0.547. The fourth-order valence-electron chi connectivity index (χ4n) is 1.74. The van der Waals surface area contributed by atoms with Gasteiger partial charge in [-0.3, -0.25) is 4.90 Å². The molecule has 17 heavy (non-hydrogen) atoms. The summed E-state index contributed by atoms with van der Waals surface area (Å²) in [6.07, 6.45) is 0. The molecule has 86 valence electrons. The second-order valence-electron chi connectivity index (χ2n) is 3.74. The summed E-state index contributed by atoms with van der Waals surface area (Å²) in [5.41, 5.74) is 3.27. The summed E-state index contributed by atoms with van der Waals surface area (Å²) >= 11 is 9.55. The van der Waals surface area contributed by atoms with Crippen molar-refractivity contribution in [3.05, 3.63) is 60.2 Å². The summed E-state index contributed by atoms with van der Waals surface area (Å²) in [6.45, 7) is 2.07. The Kier molecular flexibility index (Phi) is 3.82. The van der Waals surface area contributed by atoms with E-state index >= 15 is 0 Å². The number of thiocarbonyl (C=S) groups is 1. The number of thiol groups is 1. The third kappa shape index (κ3) is 2.68. The molecule has 0 spiro atoms. The Labute approximate surface area is 112 Å². The van der Waals surface area contributed by atoms with E-state index in [0.717, 1.165) is 11.4 Å². The lowest BCUT2D eigenvalue weighted by molar-refractivity contribution is 1.33. The fraction of sp³-hybridized carbons (Fsp3) is 0.0714. The SMILES string of the molecule is Cc1ccccc1N(C(=S)S)c1ccccc1. The summed E-state index contributed by atoms with van der Waals surface area (Å²) in [4.78, 5) is 1.97. The van der Waals surface area contributed by atoms with E-state index < -0.39 is 0 Å². The largest absolute Gasteiger partial charge is 0.296 e. The lowest BCUT2D eigenvalue weighted by Crippen LogP contribution is -2.20. The van der Waals surface area contributed by atoms with Crippen molar-refractivity contribution in [3.63, 3.8) is 0 Å². The molecule has 0 amide bonds. The third-order valence-corrected chi connectivity index (χ3v) is 2.94. The number of benzene rings is 2. The quantitative estimate of drug-likeness (QED) is 0.631. The molecule has 2 rings (SSSR count). The van der Waals surface area contributed by atoms with Gasteiger partial charge in [-0.1, -0.05) is 48.6 Å². The lowest BCUT2D eigenvalue weighted by atomic mass is 10.1. The van der Waals surface area contributed by atoms with Crippen LogP contribution in [-0.2, 0) is 0 Å². The van der Waals surface area contributed by atoms with Crippen LogP contribution in [0.5, 0.6) is 0 Å². The van der Waals surface area contributed by atoms with E-state index in [0.29, 0.717) is 4.32 Å². The Morgan fingerprint density at radius 3 is 2.18 bits per heavy atom. The highest BCUT2D eigenvalue weighted by Gasteiger charge is 2.13. The summed E-state index contributed by atoms with van der Waals surface area (Å²) in [6, 6.07) is 18.2. The van der Waals surface area contributed by atoms with Crippen molar-refractivity contribution >= 4 is 40.5 Å². The van der Waals surface area contributed by atoms with Gasteiger partial charge in [0, 0.05) is 5.69 Å². The van der Waals surface area contributed by atoms with Gasteiger partial charge in [-0.15, -0.1) is 12.6 Å². The maximum atomic E-state index is 5.23. The van der Waals surface area contributed by atoms with Crippen molar-refractivity contribution in [1.29, 1.82) is 0 Å². The van der Waals surface area contributed by atoms with E-state index in [2.05, 4.69) is 25.6 Å².